The Hall–Kier alpha value is -2.30. The van der Waals surface area contributed by atoms with Gasteiger partial charge in [-0.2, -0.15) is 5.10 Å². The van der Waals surface area contributed by atoms with Crippen LogP contribution in [0.25, 0.3) is 0 Å². The summed E-state index contributed by atoms with van der Waals surface area (Å²) in [7, 11) is 1.64. The Kier molecular flexibility index (Phi) is 4.40. The third-order valence-corrected chi connectivity index (χ3v) is 3.26. The van der Waals surface area contributed by atoms with Crippen LogP contribution >= 0.6 is 0 Å². The second-order valence-corrected chi connectivity index (χ2v) is 4.58. The van der Waals surface area contributed by atoms with Gasteiger partial charge in [-0.15, -0.1) is 0 Å². The summed E-state index contributed by atoms with van der Waals surface area (Å²) < 4.78 is 5.13. The summed E-state index contributed by atoms with van der Waals surface area (Å²) in [4.78, 5) is 14.2. The van der Waals surface area contributed by atoms with Crippen molar-refractivity contribution in [1.82, 2.24) is 15.1 Å². The van der Waals surface area contributed by atoms with E-state index in [9.17, 15) is 4.79 Å². The second-order valence-electron chi connectivity index (χ2n) is 4.58. The SMILES string of the molecule is CCN(Cc1ccc(OC)cc1)C(=O)c1cn[nH]c1C. The number of aryl methyl sites for hydroxylation is 1. The summed E-state index contributed by atoms with van der Waals surface area (Å²) >= 11 is 0. The lowest BCUT2D eigenvalue weighted by Gasteiger charge is -2.20. The van der Waals surface area contributed by atoms with Crippen LogP contribution in [0.3, 0.4) is 0 Å². The number of H-pyrrole nitrogens is 1. The number of hydrogen-bond acceptors (Lipinski definition) is 3. The van der Waals surface area contributed by atoms with Gasteiger partial charge in [0.2, 0.25) is 0 Å². The quantitative estimate of drug-likeness (QED) is 0.910. The van der Waals surface area contributed by atoms with Gasteiger partial charge in [0.25, 0.3) is 5.91 Å². The van der Waals surface area contributed by atoms with Gasteiger partial charge < -0.3 is 9.64 Å². The Bertz CT molecular complexity index is 575. The van der Waals surface area contributed by atoms with Crippen molar-refractivity contribution in [1.29, 1.82) is 0 Å². The van der Waals surface area contributed by atoms with Crippen LogP contribution in [0.1, 0.15) is 28.5 Å². The molecule has 20 heavy (non-hydrogen) atoms. The second kappa shape index (κ2) is 6.23. The fourth-order valence-corrected chi connectivity index (χ4v) is 2.02. The number of methoxy groups -OCH3 is 1. The van der Waals surface area contributed by atoms with Gasteiger partial charge in [-0.1, -0.05) is 12.1 Å². The van der Waals surface area contributed by atoms with Crippen molar-refractivity contribution in [2.24, 2.45) is 0 Å². The Labute approximate surface area is 118 Å². The maximum absolute atomic E-state index is 12.4. The number of ether oxygens (including phenoxy) is 1. The minimum absolute atomic E-state index is 0.00503. The first kappa shape index (κ1) is 14.1. The first-order valence-electron chi connectivity index (χ1n) is 6.58. The molecule has 5 nitrogen and oxygen atoms in total. The van der Waals surface area contributed by atoms with Crippen molar-refractivity contribution in [2.45, 2.75) is 20.4 Å². The van der Waals surface area contributed by atoms with Crippen LogP contribution in [-0.4, -0.2) is 34.7 Å². The van der Waals surface area contributed by atoms with E-state index >= 15 is 0 Å². The van der Waals surface area contributed by atoms with Gasteiger partial charge in [0.05, 0.1) is 18.9 Å². The molecular weight excluding hydrogens is 254 g/mol. The first-order chi connectivity index (χ1) is 9.65. The Morgan fingerprint density at radius 2 is 2.05 bits per heavy atom. The van der Waals surface area contributed by atoms with Gasteiger partial charge in [-0.3, -0.25) is 9.89 Å². The fraction of sp³-hybridized carbons (Fsp3) is 0.333. The van der Waals surface area contributed by atoms with Crippen LogP contribution in [0.4, 0.5) is 0 Å². The third kappa shape index (κ3) is 2.99. The summed E-state index contributed by atoms with van der Waals surface area (Å²) in [6.07, 6.45) is 1.58. The number of nitrogens with zero attached hydrogens (tertiary/aromatic N) is 2. The van der Waals surface area contributed by atoms with Crippen molar-refractivity contribution < 1.29 is 9.53 Å². The van der Waals surface area contributed by atoms with Crippen molar-refractivity contribution in [3.63, 3.8) is 0 Å². The van der Waals surface area contributed by atoms with E-state index in [0.717, 1.165) is 17.0 Å². The van der Waals surface area contributed by atoms with E-state index in [1.54, 1.807) is 18.2 Å². The molecule has 0 fully saturated rings. The van der Waals surface area contributed by atoms with E-state index in [4.69, 9.17) is 4.74 Å². The number of carbonyl (C=O) groups is 1. The zero-order valence-electron chi connectivity index (χ0n) is 12.0. The first-order valence-corrected chi connectivity index (χ1v) is 6.58. The predicted molar refractivity (Wildman–Crippen MR) is 76.7 cm³/mol. The number of benzene rings is 1. The maximum Gasteiger partial charge on any atom is 0.257 e. The highest BCUT2D eigenvalue weighted by Crippen LogP contribution is 2.15. The van der Waals surface area contributed by atoms with Crippen molar-refractivity contribution in [2.75, 3.05) is 13.7 Å². The molecule has 0 unspecified atom stereocenters. The topological polar surface area (TPSA) is 58.2 Å². The van der Waals surface area contributed by atoms with Crippen LogP contribution in [0.5, 0.6) is 5.75 Å². The van der Waals surface area contributed by atoms with Crippen molar-refractivity contribution in [3.8, 4) is 5.75 Å². The molecule has 106 valence electrons. The molecule has 5 heteroatoms. The summed E-state index contributed by atoms with van der Waals surface area (Å²) in [5.41, 5.74) is 2.49. The monoisotopic (exact) mass is 273 g/mol. The smallest absolute Gasteiger partial charge is 0.257 e. The third-order valence-electron chi connectivity index (χ3n) is 3.26. The molecule has 1 heterocycles. The zero-order valence-corrected chi connectivity index (χ0v) is 12.0. The molecule has 0 radical (unpaired) electrons. The lowest BCUT2D eigenvalue weighted by Crippen LogP contribution is -2.30. The average Bonchev–Trinajstić information content (AvgIpc) is 2.91. The Morgan fingerprint density at radius 3 is 2.55 bits per heavy atom. The molecule has 0 aliphatic heterocycles. The summed E-state index contributed by atoms with van der Waals surface area (Å²) in [5.74, 6) is 0.809. The van der Waals surface area contributed by atoms with E-state index in [-0.39, 0.29) is 5.91 Å². The molecule has 2 aromatic rings. The summed E-state index contributed by atoms with van der Waals surface area (Å²) in [5, 5.41) is 6.69. The zero-order chi connectivity index (χ0) is 14.5. The van der Waals surface area contributed by atoms with E-state index in [2.05, 4.69) is 10.2 Å². The van der Waals surface area contributed by atoms with Crippen LogP contribution < -0.4 is 4.74 Å². The van der Waals surface area contributed by atoms with Gasteiger partial charge >= 0.3 is 0 Å². The van der Waals surface area contributed by atoms with E-state index in [1.165, 1.54) is 0 Å². The molecular formula is C15H19N3O2. The van der Waals surface area contributed by atoms with E-state index < -0.39 is 0 Å². The fourth-order valence-electron chi connectivity index (χ4n) is 2.02. The molecule has 0 bridgehead atoms. The molecule has 2 rings (SSSR count). The highest BCUT2D eigenvalue weighted by Gasteiger charge is 2.17. The van der Waals surface area contributed by atoms with Crippen molar-refractivity contribution in [3.05, 3.63) is 47.3 Å². The molecule has 0 aliphatic rings. The predicted octanol–water partition coefficient (Wildman–Crippen LogP) is 2.39. The minimum Gasteiger partial charge on any atom is -0.497 e. The normalized spacial score (nSPS) is 10.3. The maximum atomic E-state index is 12.4. The lowest BCUT2D eigenvalue weighted by molar-refractivity contribution is 0.0752. The molecule has 0 saturated carbocycles. The number of rotatable bonds is 5. The molecule has 1 amide bonds. The molecule has 0 atom stereocenters. The summed E-state index contributed by atoms with van der Waals surface area (Å²) in [6, 6.07) is 7.74. The molecule has 1 aromatic heterocycles. The molecule has 0 spiro atoms. The summed E-state index contributed by atoms with van der Waals surface area (Å²) in [6.45, 7) is 5.04. The Morgan fingerprint density at radius 1 is 1.35 bits per heavy atom. The standard InChI is InChI=1S/C15H19N3O2/c1-4-18(15(19)14-9-16-17-11(14)2)10-12-5-7-13(20-3)8-6-12/h5-9H,4,10H2,1-3H3,(H,16,17). The number of carbonyl (C=O) groups excluding carboxylic acids is 1. The molecule has 0 aliphatic carbocycles. The van der Waals surface area contributed by atoms with Gasteiger partial charge in [-0.25, -0.2) is 0 Å². The molecule has 1 N–H and O–H groups in total. The van der Waals surface area contributed by atoms with E-state index in [0.29, 0.717) is 18.7 Å². The van der Waals surface area contributed by atoms with E-state index in [1.807, 2.05) is 38.1 Å². The molecule has 1 aromatic carbocycles. The van der Waals surface area contributed by atoms with Gasteiger partial charge in [0.15, 0.2) is 0 Å². The molecule has 0 saturated heterocycles. The average molecular weight is 273 g/mol. The number of amides is 1. The number of aromatic amines is 1. The highest BCUT2D eigenvalue weighted by molar-refractivity contribution is 5.94. The Balaban J connectivity index is 2.12. The van der Waals surface area contributed by atoms with Gasteiger partial charge in [0, 0.05) is 18.8 Å². The minimum atomic E-state index is -0.00503. The lowest BCUT2D eigenvalue weighted by atomic mass is 10.1. The van der Waals surface area contributed by atoms with Crippen molar-refractivity contribution >= 4 is 5.91 Å². The number of aromatic nitrogens is 2. The van der Waals surface area contributed by atoms with Gasteiger partial charge in [-0.05, 0) is 31.5 Å². The largest absolute Gasteiger partial charge is 0.497 e. The van der Waals surface area contributed by atoms with Crippen LogP contribution in [-0.2, 0) is 6.54 Å². The van der Waals surface area contributed by atoms with Gasteiger partial charge in [0.1, 0.15) is 5.75 Å². The highest BCUT2D eigenvalue weighted by atomic mass is 16.5. The van der Waals surface area contributed by atoms with Crippen LogP contribution in [0, 0.1) is 6.92 Å². The number of hydrogen-bond donors (Lipinski definition) is 1. The number of nitrogens with one attached hydrogen (secondary N) is 1. The van der Waals surface area contributed by atoms with Crippen LogP contribution in [0.2, 0.25) is 0 Å². The van der Waals surface area contributed by atoms with Crippen LogP contribution in [0.15, 0.2) is 30.5 Å².